The van der Waals surface area contributed by atoms with Crippen molar-refractivity contribution in [1.29, 1.82) is 0 Å². The van der Waals surface area contributed by atoms with E-state index in [0.29, 0.717) is 11.4 Å². The van der Waals surface area contributed by atoms with E-state index >= 15 is 0 Å². The second-order valence-electron chi connectivity index (χ2n) is 6.32. The van der Waals surface area contributed by atoms with Gasteiger partial charge in [-0.1, -0.05) is 6.07 Å². The largest absolute Gasteiger partial charge is 0.345 e. The molecule has 6 nitrogen and oxygen atoms in total. The van der Waals surface area contributed by atoms with Crippen LogP contribution in [0.15, 0.2) is 54.7 Å². The Morgan fingerprint density at radius 2 is 1.89 bits per heavy atom. The summed E-state index contributed by atoms with van der Waals surface area (Å²) in [7, 11) is 0. The quantitative estimate of drug-likeness (QED) is 0.606. The number of benzene rings is 1. The number of fused-ring (bicyclic) bond motifs is 1. The van der Waals surface area contributed by atoms with E-state index in [1.54, 1.807) is 12.1 Å². The van der Waals surface area contributed by atoms with Gasteiger partial charge in [-0.25, -0.2) is 4.39 Å². The van der Waals surface area contributed by atoms with Gasteiger partial charge in [0.15, 0.2) is 11.5 Å². The van der Waals surface area contributed by atoms with E-state index < -0.39 is 0 Å². The van der Waals surface area contributed by atoms with Crippen LogP contribution in [-0.4, -0.2) is 25.1 Å². The van der Waals surface area contributed by atoms with E-state index in [1.807, 2.05) is 53.3 Å². The standard InChI is InChI=1S/C20H18FN5O/c1-13-11-17(14(2)26(13)16-8-6-15(21)7-9-16)20(27)22-12-19-24-23-18-5-3-4-10-25(18)19/h3-11H,12H2,1-2H3,(H,22,27). The maximum atomic E-state index is 13.2. The van der Waals surface area contributed by atoms with Crippen molar-refractivity contribution in [3.63, 3.8) is 0 Å². The zero-order chi connectivity index (χ0) is 19.0. The number of carbonyl (C=O) groups is 1. The Kier molecular flexibility index (Phi) is 4.19. The van der Waals surface area contributed by atoms with Gasteiger partial charge in [-0.15, -0.1) is 10.2 Å². The topological polar surface area (TPSA) is 64.2 Å². The fourth-order valence-corrected chi connectivity index (χ4v) is 3.25. The normalized spacial score (nSPS) is 11.1. The summed E-state index contributed by atoms with van der Waals surface area (Å²) in [6.07, 6.45) is 1.86. The molecular weight excluding hydrogens is 345 g/mol. The van der Waals surface area contributed by atoms with Crippen LogP contribution in [0.5, 0.6) is 0 Å². The minimum Gasteiger partial charge on any atom is -0.345 e. The lowest BCUT2D eigenvalue weighted by atomic mass is 10.2. The lowest BCUT2D eigenvalue weighted by Crippen LogP contribution is -2.24. The van der Waals surface area contributed by atoms with Crippen molar-refractivity contribution >= 4 is 11.6 Å². The van der Waals surface area contributed by atoms with Gasteiger partial charge in [0.25, 0.3) is 5.91 Å². The molecule has 4 aromatic rings. The van der Waals surface area contributed by atoms with Crippen molar-refractivity contribution in [3.8, 4) is 5.69 Å². The highest BCUT2D eigenvalue weighted by Crippen LogP contribution is 2.21. The van der Waals surface area contributed by atoms with E-state index in [2.05, 4.69) is 15.5 Å². The smallest absolute Gasteiger partial charge is 0.253 e. The monoisotopic (exact) mass is 363 g/mol. The Balaban J connectivity index is 1.57. The number of rotatable bonds is 4. The highest BCUT2D eigenvalue weighted by molar-refractivity contribution is 5.95. The summed E-state index contributed by atoms with van der Waals surface area (Å²) in [5, 5.41) is 11.1. The molecule has 0 aliphatic rings. The van der Waals surface area contributed by atoms with E-state index in [1.165, 1.54) is 12.1 Å². The fourth-order valence-electron chi connectivity index (χ4n) is 3.25. The molecule has 7 heteroatoms. The van der Waals surface area contributed by atoms with E-state index in [0.717, 1.165) is 22.7 Å². The molecule has 0 radical (unpaired) electrons. The van der Waals surface area contributed by atoms with Crippen LogP contribution in [-0.2, 0) is 6.54 Å². The maximum Gasteiger partial charge on any atom is 0.253 e. The zero-order valence-electron chi connectivity index (χ0n) is 15.0. The van der Waals surface area contributed by atoms with Gasteiger partial charge in [0.1, 0.15) is 5.82 Å². The third-order valence-corrected chi connectivity index (χ3v) is 4.55. The van der Waals surface area contributed by atoms with E-state index in [4.69, 9.17) is 0 Å². The summed E-state index contributed by atoms with van der Waals surface area (Å²) in [5.74, 6) is 0.176. The van der Waals surface area contributed by atoms with Crippen LogP contribution in [0, 0.1) is 19.7 Å². The summed E-state index contributed by atoms with van der Waals surface area (Å²) < 4.78 is 17.0. The average molecular weight is 363 g/mol. The molecule has 1 N–H and O–H groups in total. The lowest BCUT2D eigenvalue weighted by Gasteiger charge is -2.10. The highest BCUT2D eigenvalue weighted by atomic mass is 19.1. The molecule has 0 atom stereocenters. The van der Waals surface area contributed by atoms with E-state index in [9.17, 15) is 9.18 Å². The fraction of sp³-hybridized carbons (Fsp3) is 0.150. The van der Waals surface area contributed by atoms with Gasteiger partial charge in [-0.2, -0.15) is 0 Å². The zero-order valence-corrected chi connectivity index (χ0v) is 15.0. The van der Waals surface area contributed by atoms with Crippen molar-refractivity contribution in [1.82, 2.24) is 24.5 Å². The number of aryl methyl sites for hydroxylation is 1. The first kappa shape index (κ1) is 17.0. The average Bonchev–Trinajstić information content (AvgIpc) is 3.21. The first-order valence-electron chi connectivity index (χ1n) is 8.56. The molecule has 27 heavy (non-hydrogen) atoms. The number of halogens is 1. The van der Waals surface area contributed by atoms with Crippen LogP contribution in [0.2, 0.25) is 0 Å². The third kappa shape index (κ3) is 3.08. The lowest BCUT2D eigenvalue weighted by molar-refractivity contribution is 0.0949. The molecule has 4 rings (SSSR count). The van der Waals surface area contributed by atoms with Crippen LogP contribution in [0.1, 0.15) is 27.6 Å². The molecule has 0 bridgehead atoms. The molecule has 1 amide bonds. The molecule has 0 unspecified atom stereocenters. The minimum atomic E-state index is -0.292. The van der Waals surface area contributed by atoms with Crippen molar-refractivity contribution in [2.75, 3.05) is 0 Å². The van der Waals surface area contributed by atoms with Crippen LogP contribution in [0.25, 0.3) is 11.3 Å². The Bertz CT molecular complexity index is 1130. The number of hydrogen-bond donors (Lipinski definition) is 1. The van der Waals surface area contributed by atoms with Crippen molar-refractivity contribution < 1.29 is 9.18 Å². The Morgan fingerprint density at radius 3 is 2.67 bits per heavy atom. The van der Waals surface area contributed by atoms with Crippen molar-refractivity contribution in [2.24, 2.45) is 0 Å². The summed E-state index contributed by atoms with van der Waals surface area (Å²) in [5.41, 5.74) is 3.82. The molecule has 0 aliphatic heterocycles. The van der Waals surface area contributed by atoms with Crippen LogP contribution in [0.3, 0.4) is 0 Å². The summed E-state index contributed by atoms with van der Waals surface area (Å²) in [6.45, 7) is 4.06. The minimum absolute atomic E-state index is 0.191. The molecule has 0 fully saturated rings. The Morgan fingerprint density at radius 1 is 1.11 bits per heavy atom. The molecule has 0 spiro atoms. The van der Waals surface area contributed by atoms with Crippen LogP contribution in [0.4, 0.5) is 4.39 Å². The second kappa shape index (κ2) is 6.68. The Labute approximate surface area is 155 Å². The molecule has 0 aliphatic carbocycles. The van der Waals surface area contributed by atoms with Gasteiger partial charge in [0.2, 0.25) is 0 Å². The summed E-state index contributed by atoms with van der Waals surface area (Å²) in [4.78, 5) is 12.7. The molecular formula is C20H18FN5O. The van der Waals surface area contributed by atoms with Crippen molar-refractivity contribution in [3.05, 3.63) is 83.3 Å². The predicted octanol–water partition coefficient (Wildman–Crippen LogP) is 3.21. The van der Waals surface area contributed by atoms with Gasteiger partial charge in [-0.05, 0) is 56.3 Å². The molecule has 0 saturated heterocycles. The second-order valence-corrected chi connectivity index (χ2v) is 6.32. The van der Waals surface area contributed by atoms with Gasteiger partial charge in [0.05, 0.1) is 12.1 Å². The molecule has 0 saturated carbocycles. The molecule has 3 heterocycles. The maximum absolute atomic E-state index is 13.2. The number of pyridine rings is 1. The van der Waals surface area contributed by atoms with Gasteiger partial charge in [0, 0.05) is 23.3 Å². The number of hydrogen-bond acceptors (Lipinski definition) is 3. The van der Waals surface area contributed by atoms with Gasteiger partial charge >= 0.3 is 0 Å². The third-order valence-electron chi connectivity index (χ3n) is 4.55. The molecule has 136 valence electrons. The first-order valence-corrected chi connectivity index (χ1v) is 8.56. The summed E-state index contributed by atoms with van der Waals surface area (Å²) in [6, 6.07) is 13.7. The number of amides is 1. The molecule has 1 aromatic carbocycles. The van der Waals surface area contributed by atoms with E-state index in [-0.39, 0.29) is 18.3 Å². The number of carbonyl (C=O) groups excluding carboxylic acids is 1. The van der Waals surface area contributed by atoms with Crippen molar-refractivity contribution in [2.45, 2.75) is 20.4 Å². The van der Waals surface area contributed by atoms with Gasteiger partial charge < -0.3 is 9.88 Å². The number of nitrogens with one attached hydrogen (secondary N) is 1. The Hall–Kier alpha value is -3.48. The SMILES string of the molecule is Cc1cc(C(=O)NCc2nnc3ccccn23)c(C)n1-c1ccc(F)cc1. The van der Waals surface area contributed by atoms with Gasteiger partial charge in [-0.3, -0.25) is 9.20 Å². The van der Waals surface area contributed by atoms with Crippen LogP contribution < -0.4 is 5.32 Å². The molecule has 3 aromatic heterocycles. The summed E-state index contributed by atoms with van der Waals surface area (Å²) >= 11 is 0. The number of nitrogens with zero attached hydrogens (tertiary/aromatic N) is 4. The van der Waals surface area contributed by atoms with Crippen LogP contribution >= 0.6 is 0 Å². The predicted molar refractivity (Wildman–Crippen MR) is 99.4 cm³/mol. The number of aromatic nitrogens is 4. The highest BCUT2D eigenvalue weighted by Gasteiger charge is 2.17. The first-order chi connectivity index (χ1) is 13.0.